The second-order valence-electron chi connectivity index (χ2n) is 5.19. The number of nitro benzene ring substituents is 1. The molecular formula is C16H15FN4O4. The smallest absolute Gasteiger partial charge is 0.275 e. The van der Waals surface area contributed by atoms with Gasteiger partial charge < -0.3 is 16.4 Å². The van der Waals surface area contributed by atoms with Crippen LogP contribution in [0.3, 0.4) is 0 Å². The third-order valence-electron chi connectivity index (χ3n) is 3.33. The Balaban J connectivity index is 2.22. The van der Waals surface area contributed by atoms with E-state index in [1.54, 1.807) is 0 Å². The molecule has 2 amide bonds. The Hall–Kier alpha value is -3.49. The average molecular weight is 346 g/mol. The summed E-state index contributed by atoms with van der Waals surface area (Å²) in [6.45, 7) is 1.31. The van der Waals surface area contributed by atoms with Crippen molar-refractivity contribution in [2.45, 2.75) is 13.5 Å². The van der Waals surface area contributed by atoms with Gasteiger partial charge in [-0.1, -0.05) is 0 Å². The fraction of sp³-hybridized carbons (Fsp3) is 0.125. The number of hydrogen-bond donors (Lipinski definition) is 3. The summed E-state index contributed by atoms with van der Waals surface area (Å²) < 4.78 is 13.6. The van der Waals surface area contributed by atoms with Crippen molar-refractivity contribution in [2.24, 2.45) is 5.73 Å². The van der Waals surface area contributed by atoms with E-state index in [0.29, 0.717) is 11.3 Å². The maximum Gasteiger partial charge on any atom is 0.275 e. The van der Waals surface area contributed by atoms with Gasteiger partial charge in [0.05, 0.1) is 10.6 Å². The first-order valence-electron chi connectivity index (χ1n) is 7.16. The Bertz CT molecular complexity index is 854. The zero-order valence-corrected chi connectivity index (χ0v) is 13.2. The number of halogens is 1. The van der Waals surface area contributed by atoms with E-state index in [1.807, 2.05) is 0 Å². The Morgan fingerprint density at radius 1 is 1.24 bits per heavy atom. The van der Waals surface area contributed by atoms with Crippen LogP contribution in [0.5, 0.6) is 0 Å². The maximum absolute atomic E-state index is 13.6. The molecule has 9 heteroatoms. The minimum atomic E-state index is -0.763. The van der Waals surface area contributed by atoms with Crippen LogP contribution in [-0.4, -0.2) is 16.7 Å². The number of nitro groups is 1. The summed E-state index contributed by atoms with van der Waals surface area (Å²) in [4.78, 5) is 32.7. The predicted molar refractivity (Wildman–Crippen MR) is 89.6 cm³/mol. The highest BCUT2D eigenvalue weighted by Gasteiger charge is 2.16. The van der Waals surface area contributed by atoms with Crippen LogP contribution >= 0.6 is 0 Å². The van der Waals surface area contributed by atoms with Crippen molar-refractivity contribution in [3.8, 4) is 0 Å². The molecule has 8 nitrogen and oxygen atoms in total. The van der Waals surface area contributed by atoms with E-state index in [0.717, 1.165) is 12.1 Å². The van der Waals surface area contributed by atoms with Gasteiger partial charge >= 0.3 is 0 Å². The second-order valence-corrected chi connectivity index (χ2v) is 5.19. The summed E-state index contributed by atoms with van der Waals surface area (Å²) >= 11 is 0. The van der Waals surface area contributed by atoms with Crippen LogP contribution in [0.15, 0.2) is 36.4 Å². The Morgan fingerprint density at radius 2 is 1.96 bits per heavy atom. The fourth-order valence-corrected chi connectivity index (χ4v) is 2.15. The summed E-state index contributed by atoms with van der Waals surface area (Å²) in [5.74, 6) is -1.78. The van der Waals surface area contributed by atoms with Crippen molar-refractivity contribution in [3.63, 3.8) is 0 Å². The highest BCUT2D eigenvalue weighted by molar-refractivity contribution is 5.93. The lowest BCUT2D eigenvalue weighted by molar-refractivity contribution is -0.385. The molecule has 0 spiro atoms. The molecule has 0 radical (unpaired) electrons. The highest BCUT2D eigenvalue weighted by atomic mass is 19.1. The standard InChI is InChI=1S/C16H15FN4O4/c1-9(22)20-14-7-12(4-5-13(14)17)19-8-11-3-2-10(16(18)23)6-15(11)21(24)25/h2-7,19H,8H2,1H3,(H2,18,23)(H,20,22). The summed E-state index contributed by atoms with van der Waals surface area (Å²) in [6, 6.07) is 7.89. The number of rotatable bonds is 6. The fourth-order valence-electron chi connectivity index (χ4n) is 2.15. The third kappa shape index (κ3) is 4.50. The number of amides is 2. The first-order valence-corrected chi connectivity index (χ1v) is 7.16. The summed E-state index contributed by atoms with van der Waals surface area (Å²) in [6.07, 6.45) is 0. The number of hydrogen-bond acceptors (Lipinski definition) is 5. The summed E-state index contributed by atoms with van der Waals surface area (Å²) in [5, 5.41) is 16.4. The van der Waals surface area contributed by atoms with E-state index in [2.05, 4.69) is 10.6 Å². The monoisotopic (exact) mass is 346 g/mol. The number of benzene rings is 2. The lowest BCUT2D eigenvalue weighted by atomic mass is 10.1. The van der Waals surface area contributed by atoms with E-state index in [1.165, 1.54) is 31.2 Å². The zero-order chi connectivity index (χ0) is 18.6. The van der Waals surface area contributed by atoms with Crippen LogP contribution in [0.1, 0.15) is 22.8 Å². The van der Waals surface area contributed by atoms with E-state index in [9.17, 15) is 24.1 Å². The van der Waals surface area contributed by atoms with Crippen LogP contribution in [0.25, 0.3) is 0 Å². The number of carbonyl (C=O) groups excluding carboxylic acids is 2. The molecule has 0 saturated carbocycles. The van der Waals surface area contributed by atoms with Crippen LogP contribution in [0, 0.1) is 15.9 Å². The van der Waals surface area contributed by atoms with E-state index in [-0.39, 0.29) is 23.5 Å². The van der Waals surface area contributed by atoms with Gasteiger partial charge in [-0.25, -0.2) is 4.39 Å². The summed E-state index contributed by atoms with van der Waals surface area (Å²) in [5.41, 5.74) is 5.67. The largest absolute Gasteiger partial charge is 0.381 e. The van der Waals surface area contributed by atoms with Crippen LogP contribution in [0.2, 0.25) is 0 Å². The van der Waals surface area contributed by atoms with Gasteiger partial charge in [0.15, 0.2) is 0 Å². The minimum absolute atomic E-state index is 0.00363. The molecule has 0 bridgehead atoms. The normalized spacial score (nSPS) is 10.2. The molecule has 0 atom stereocenters. The lowest BCUT2D eigenvalue weighted by Crippen LogP contribution is -2.12. The number of nitrogens with zero attached hydrogens (tertiary/aromatic N) is 1. The molecule has 130 valence electrons. The molecule has 0 aromatic heterocycles. The van der Waals surface area contributed by atoms with Gasteiger partial charge in [-0.3, -0.25) is 19.7 Å². The second kappa shape index (κ2) is 7.39. The Kier molecular flexibility index (Phi) is 5.28. The molecule has 4 N–H and O–H groups in total. The van der Waals surface area contributed by atoms with E-state index < -0.39 is 22.6 Å². The highest BCUT2D eigenvalue weighted by Crippen LogP contribution is 2.24. The maximum atomic E-state index is 13.6. The van der Waals surface area contributed by atoms with Gasteiger partial charge in [0.25, 0.3) is 5.69 Å². The van der Waals surface area contributed by atoms with Crippen molar-refractivity contribution in [2.75, 3.05) is 10.6 Å². The molecule has 0 aliphatic heterocycles. The SMILES string of the molecule is CC(=O)Nc1cc(NCc2ccc(C(N)=O)cc2[N+](=O)[O-])ccc1F. The molecule has 25 heavy (non-hydrogen) atoms. The summed E-state index contributed by atoms with van der Waals surface area (Å²) in [7, 11) is 0. The van der Waals surface area contributed by atoms with Crippen LogP contribution in [-0.2, 0) is 11.3 Å². The van der Waals surface area contributed by atoms with Crippen molar-refractivity contribution in [3.05, 3.63) is 63.5 Å². The molecule has 0 fully saturated rings. The van der Waals surface area contributed by atoms with Crippen molar-refractivity contribution in [1.82, 2.24) is 0 Å². The van der Waals surface area contributed by atoms with Gasteiger partial charge in [0.2, 0.25) is 11.8 Å². The zero-order valence-electron chi connectivity index (χ0n) is 13.2. The van der Waals surface area contributed by atoms with Crippen LogP contribution in [0.4, 0.5) is 21.5 Å². The molecule has 0 aliphatic carbocycles. The van der Waals surface area contributed by atoms with Gasteiger partial charge in [0, 0.05) is 36.3 Å². The Morgan fingerprint density at radius 3 is 2.56 bits per heavy atom. The molecule has 2 rings (SSSR count). The number of carbonyl (C=O) groups is 2. The van der Waals surface area contributed by atoms with Crippen molar-refractivity contribution >= 4 is 28.9 Å². The first-order chi connectivity index (χ1) is 11.8. The number of anilines is 2. The first kappa shape index (κ1) is 17.9. The van der Waals surface area contributed by atoms with Crippen LogP contribution < -0.4 is 16.4 Å². The Labute approximate surface area is 142 Å². The van der Waals surface area contributed by atoms with E-state index in [4.69, 9.17) is 5.73 Å². The molecule has 0 aliphatic rings. The number of nitrogens with one attached hydrogen (secondary N) is 2. The molecule has 2 aromatic rings. The van der Waals surface area contributed by atoms with E-state index >= 15 is 0 Å². The van der Waals surface area contributed by atoms with Gasteiger partial charge in [-0.2, -0.15) is 0 Å². The van der Waals surface area contributed by atoms with Crippen molar-refractivity contribution < 1.29 is 18.9 Å². The quantitative estimate of drug-likeness (QED) is 0.547. The predicted octanol–water partition coefficient (Wildman–Crippen LogP) is 2.40. The molecule has 0 heterocycles. The minimum Gasteiger partial charge on any atom is -0.381 e. The molecule has 2 aromatic carbocycles. The average Bonchev–Trinajstić information content (AvgIpc) is 2.54. The third-order valence-corrected chi connectivity index (χ3v) is 3.33. The number of primary amides is 1. The topological polar surface area (TPSA) is 127 Å². The van der Waals surface area contributed by atoms with Crippen molar-refractivity contribution in [1.29, 1.82) is 0 Å². The molecular weight excluding hydrogens is 331 g/mol. The number of nitrogens with two attached hydrogens (primary N) is 1. The van der Waals surface area contributed by atoms with Gasteiger partial charge in [-0.05, 0) is 30.3 Å². The molecule has 0 saturated heterocycles. The van der Waals surface area contributed by atoms with Gasteiger partial charge in [-0.15, -0.1) is 0 Å². The van der Waals surface area contributed by atoms with Gasteiger partial charge in [0.1, 0.15) is 5.82 Å². The molecule has 0 unspecified atom stereocenters. The lowest BCUT2D eigenvalue weighted by Gasteiger charge is -2.10.